The molecule has 0 radical (unpaired) electrons. The van der Waals surface area contributed by atoms with Gasteiger partial charge in [0.25, 0.3) is 0 Å². The van der Waals surface area contributed by atoms with Gasteiger partial charge in [0.2, 0.25) is 0 Å². The summed E-state index contributed by atoms with van der Waals surface area (Å²) in [5.41, 5.74) is 1.81. The van der Waals surface area contributed by atoms with Crippen LogP contribution in [0.15, 0.2) is 18.2 Å². The molecule has 1 unspecified atom stereocenters. The molecule has 0 spiro atoms. The van der Waals surface area contributed by atoms with Crippen molar-refractivity contribution in [3.05, 3.63) is 29.3 Å². The minimum atomic E-state index is 0.158. The fourth-order valence-corrected chi connectivity index (χ4v) is 2.75. The molecule has 0 aromatic heterocycles. The van der Waals surface area contributed by atoms with Gasteiger partial charge in [-0.25, -0.2) is 0 Å². The highest BCUT2D eigenvalue weighted by Gasteiger charge is 2.20. The van der Waals surface area contributed by atoms with Crippen LogP contribution in [-0.2, 0) is 0 Å². The molecule has 1 fully saturated rings. The molecule has 0 N–H and O–H groups in total. The van der Waals surface area contributed by atoms with Gasteiger partial charge in [-0.05, 0) is 49.9 Å². The summed E-state index contributed by atoms with van der Waals surface area (Å²) in [5.74, 6) is 1.54. The van der Waals surface area contributed by atoms with E-state index in [4.69, 9.17) is 4.74 Å². The maximum atomic E-state index is 12.4. The molecule has 2 rings (SSSR count). The van der Waals surface area contributed by atoms with Crippen LogP contribution >= 0.6 is 0 Å². The third-order valence-electron chi connectivity index (χ3n) is 3.77. The monoisotopic (exact) mass is 261 g/mol. The number of ether oxygens (including phenoxy) is 1. The number of methoxy groups -OCH3 is 1. The molecule has 0 aliphatic carbocycles. The molecular weight excluding hydrogens is 238 g/mol. The van der Waals surface area contributed by atoms with Crippen LogP contribution in [0, 0.1) is 12.8 Å². The first kappa shape index (κ1) is 14.1. The average molecular weight is 261 g/mol. The number of rotatable bonds is 4. The zero-order valence-electron chi connectivity index (χ0n) is 12.1. The lowest BCUT2D eigenvalue weighted by Crippen LogP contribution is -2.38. The van der Waals surface area contributed by atoms with E-state index in [-0.39, 0.29) is 5.78 Å². The number of carbonyl (C=O) groups excluding carboxylic acids is 1. The molecule has 1 aliphatic heterocycles. The largest absolute Gasteiger partial charge is 0.496 e. The molecular formula is C16H23NO2. The predicted octanol–water partition coefficient (Wildman–Crippen LogP) is 2.92. The summed E-state index contributed by atoms with van der Waals surface area (Å²) in [6, 6.07) is 5.77. The van der Waals surface area contributed by atoms with Crippen molar-refractivity contribution >= 4 is 5.78 Å². The molecule has 3 heteroatoms. The van der Waals surface area contributed by atoms with Crippen molar-refractivity contribution in [1.82, 2.24) is 4.90 Å². The second-order valence-electron chi connectivity index (χ2n) is 5.61. The minimum Gasteiger partial charge on any atom is -0.496 e. The average Bonchev–Trinajstić information content (AvgIpc) is 2.38. The van der Waals surface area contributed by atoms with Gasteiger partial charge in [0.05, 0.1) is 19.2 Å². The first-order valence-corrected chi connectivity index (χ1v) is 7.00. The van der Waals surface area contributed by atoms with E-state index in [1.165, 1.54) is 12.8 Å². The Labute approximate surface area is 115 Å². The van der Waals surface area contributed by atoms with Crippen LogP contribution in [0.2, 0.25) is 0 Å². The zero-order valence-corrected chi connectivity index (χ0v) is 12.1. The first-order chi connectivity index (χ1) is 9.10. The van der Waals surface area contributed by atoms with Crippen LogP contribution in [0.4, 0.5) is 0 Å². The lowest BCUT2D eigenvalue weighted by molar-refractivity contribution is 0.0890. The summed E-state index contributed by atoms with van der Waals surface area (Å²) in [5, 5.41) is 0. The van der Waals surface area contributed by atoms with E-state index in [1.807, 2.05) is 25.1 Å². The van der Waals surface area contributed by atoms with Gasteiger partial charge in [0.15, 0.2) is 5.78 Å². The van der Waals surface area contributed by atoms with E-state index in [9.17, 15) is 4.79 Å². The number of piperidine rings is 1. The first-order valence-electron chi connectivity index (χ1n) is 7.00. The van der Waals surface area contributed by atoms with Crippen molar-refractivity contribution < 1.29 is 9.53 Å². The molecule has 19 heavy (non-hydrogen) atoms. The Balaban J connectivity index is 2.07. The van der Waals surface area contributed by atoms with Crippen LogP contribution in [0.1, 0.15) is 35.7 Å². The molecule has 1 aromatic rings. The summed E-state index contributed by atoms with van der Waals surface area (Å²) in [4.78, 5) is 14.6. The Morgan fingerprint density at radius 2 is 2.26 bits per heavy atom. The van der Waals surface area contributed by atoms with Crippen LogP contribution in [0.25, 0.3) is 0 Å². The quantitative estimate of drug-likeness (QED) is 0.780. The Morgan fingerprint density at radius 1 is 1.47 bits per heavy atom. The van der Waals surface area contributed by atoms with Crippen molar-refractivity contribution in [1.29, 1.82) is 0 Å². The van der Waals surface area contributed by atoms with Gasteiger partial charge < -0.3 is 4.74 Å². The molecule has 1 heterocycles. The third-order valence-corrected chi connectivity index (χ3v) is 3.77. The number of Topliss-reactive ketones (excluding diaryl/α,β-unsaturated/α-hetero) is 1. The lowest BCUT2D eigenvalue weighted by Gasteiger charge is -2.30. The normalized spacial score (nSPS) is 20.3. The van der Waals surface area contributed by atoms with Crippen LogP contribution in [0.5, 0.6) is 5.75 Å². The standard InChI is InChI=1S/C16H23NO2/c1-12-6-7-14(16(9-12)19-3)15(18)11-17-8-4-5-13(2)10-17/h6-7,9,13H,4-5,8,10-11H2,1-3H3. The van der Waals surface area contributed by atoms with E-state index < -0.39 is 0 Å². The molecule has 104 valence electrons. The Hall–Kier alpha value is -1.35. The van der Waals surface area contributed by atoms with Crippen molar-refractivity contribution in [2.45, 2.75) is 26.7 Å². The van der Waals surface area contributed by atoms with Crippen molar-refractivity contribution in [3.8, 4) is 5.75 Å². The van der Waals surface area contributed by atoms with Crippen LogP contribution in [-0.4, -0.2) is 37.4 Å². The highest BCUT2D eigenvalue weighted by Crippen LogP contribution is 2.22. The van der Waals surface area contributed by atoms with Gasteiger partial charge >= 0.3 is 0 Å². The lowest BCUT2D eigenvalue weighted by atomic mass is 9.99. The summed E-state index contributed by atoms with van der Waals surface area (Å²) in [6.07, 6.45) is 2.47. The van der Waals surface area contributed by atoms with Gasteiger partial charge in [-0.15, -0.1) is 0 Å². The summed E-state index contributed by atoms with van der Waals surface area (Å²) in [6.45, 7) is 6.82. The highest BCUT2D eigenvalue weighted by atomic mass is 16.5. The number of hydrogen-bond acceptors (Lipinski definition) is 3. The van der Waals surface area contributed by atoms with E-state index in [0.29, 0.717) is 23.8 Å². The van der Waals surface area contributed by atoms with Gasteiger partial charge in [0.1, 0.15) is 5.75 Å². The summed E-state index contributed by atoms with van der Waals surface area (Å²) < 4.78 is 5.32. The van der Waals surface area contributed by atoms with Crippen molar-refractivity contribution in [3.63, 3.8) is 0 Å². The molecule has 1 aliphatic rings. The van der Waals surface area contributed by atoms with Crippen molar-refractivity contribution in [2.75, 3.05) is 26.7 Å². The van der Waals surface area contributed by atoms with Gasteiger partial charge in [0, 0.05) is 6.54 Å². The maximum absolute atomic E-state index is 12.4. The number of hydrogen-bond donors (Lipinski definition) is 0. The van der Waals surface area contributed by atoms with E-state index >= 15 is 0 Å². The molecule has 3 nitrogen and oxygen atoms in total. The van der Waals surface area contributed by atoms with Gasteiger partial charge in [-0.2, -0.15) is 0 Å². The molecule has 0 amide bonds. The fourth-order valence-electron chi connectivity index (χ4n) is 2.75. The van der Waals surface area contributed by atoms with Gasteiger partial charge in [-0.1, -0.05) is 13.0 Å². The van der Waals surface area contributed by atoms with Crippen LogP contribution < -0.4 is 4.74 Å². The Morgan fingerprint density at radius 3 is 2.95 bits per heavy atom. The zero-order chi connectivity index (χ0) is 13.8. The number of carbonyl (C=O) groups is 1. The summed E-state index contributed by atoms with van der Waals surface area (Å²) >= 11 is 0. The smallest absolute Gasteiger partial charge is 0.180 e. The van der Waals surface area contributed by atoms with E-state index in [2.05, 4.69) is 11.8 Å². The second-order valence-corrected chi connectivity index (χ2v) is 5.61. The third kappa shape index (κ3) is 3.57. The molecule has 1 aromatic carbocycles. The predicted molar refractivity (Wildman–Crippen MR) is 76.9 cm³/mol. The van der Waals surface area contributed by atoms with Crippen LogP contribution in [0.3, 0.4) is 0 Å². The molecule has 0 saturated carbocycles. The fraction of sp³-hybridized carbons (Fsp3) is 0.562. The molecule has 1 saturated heterocycles. The minimum absolute atomic E-state index is 0.158. The SMILES string of the molecule is COc1cc(C)ccc1C(=O)CN1CCCC(C)C1. The van der Waals surface area contributed by atoms with E-state index in [0.717, 1.165) is 18.7 Å². The van der Waals surface area contributed by atoms with Gasteiger partial charge in [-0.3, -0.25) is 9.69 Å². The van der Waals surface area contributed by atoms with Crippen molar-refractivity contribution in [2.24, 2.45) is 5.92 Å². The topological polar surface area (TPSA) is 29.5 Å². The number of likely N-dealkylation sites (tertiary alicyclic amines) is 1. The number of nitrogens with zero attached hydrogens (tertiary/aromatic N) is 1. The summed E-state index contributed by atoms with van der Waals surface area (Å²) in [7, 11) is 1.62. The Bertz CT molecular complexity index is 456. The number of benzene rings is 1. The van der Waals surface area contributed by atoms with E-state index in [1.54, 1.807) is 7.11 Å². The second kappa shape index (κ2) is 6.20. The number of ketones is 1. The molecule has 1 atom stereocenters. The Kier molecular flexibility index (Phi) is 4.59. The number of aryl methyl sites for hydroxylation is 1. The molecule has 0 bridgehead atoms. The maximum Gasteiger partial charge on any atom is 0.180 e. The highest BCUT2D eigenvalue weighted by molar-refractivity contribution is 6.00.